The molecule has 2 N–H and O–H groups in total. The number of furan rings is 1. The van der Waals surface area contributed by atoms with Gasteiger partial charge in [0.15, 0.2) is 5.96 Å². The topological polar surface area (TPSA) is 90.2 Å². The molecule has 1 aromatic rings. The molecule has 2 aliphatic heterocycles. The molecule has 2 aliphatic rings. The standard InChI is InChI=1S/C21H37N5O3S/c1-3-22-21(23-16-18-9-13-26(14-10-18)30(2,27)28)24-17-19(20-8-7-15-29-20)25-11-5-4-6-12-25/h7-8,15,18-19H,3-6,9-14,16-17H2,1-2H3,(H2,22,23,24). The predicted molar refractivity (Wildman–Crippen MR) is 120 cm³/mol. The van der Waals surface area contributed by atoms with Crippen molar-refractivity contribution >= 4 is 16.0 Å². The lowest BCUT2D eigenvalue weighted by atomic mass is 9.98. The fraction of sp³-hybridized carbons (Fsp3) is 0.762. The Balaban J connectivity index is 1.56. The maximum absolute atomic E-state index is 11.7. The first-order chi connectivity index (χ1) is 14.5. The van der Waals surface area contributed by atoms with E-state index < -0.39 is 10.0 Å². The number of piperidine rings is 2. The molecule has 0 aromatic carbocycles. The molecule has 8 nitrogen and oxygen atoms in total. The summed E-state index contributed by atoms with van der Waals surface area (Å²) in [6.07, 6.45) is 8.54. The Hall–Kier alpha value is -1.58. The van der Waals surface area contributed by atoms with Gasteiger partial charge in [0.25, 0.3) is 0 Å². The van der Waals surface area contributed by atoms with E-state index in [0.29, 0.717) is 25.6 Å². The van der Waals surface area contributed by atoms with Crippen LogP contribution in [0, 0.1) is 5.92 Å². The minimum atomic E-state index is -3.08. The number of hydrogen-bond donors (Lipinski definition) is 2. The van der Waals surface area contributed by atoms with E-state index in [1.165, 1.54) is 25.5 Å². The Labute approximate surface area is 181 Å². The van der Waals surface area contributed by atoms with E-state index in [9.17, 15) is 8.42 Å². The van der Waals surface area contributed by atoms with E-state index in [1.54, 1.807) is 10.6 Å². The Kier molecular flexibility index (Phi) is 8.59. The zero-order valence-corrected chi connectivity index (χ0v) is 19.2. The quantitative estimate of drug-likeness (QED) is 0.476. The van der Waals surface area contributed by atoms with E-state index in [1.807, 2.05) is 12.1 Å². The number of guanidine groups is 1. The molecule has 3 rings (SSSR count). The first kappa shape index (κ1) is 23.1. The molecule has 0 radical (unpaired) electrons. The van der Waals surface area contributed by atoms with Gasteiger partial charge in [-0.05, 0) is 63.7 Å². The van der Waals surface area contributed by atoms with Gasteiger partial charge >= 0.3 is 0 Å². The second kappa shape index (κ2) is 11.2. The third-order valence-corrected chi connectivity index (χ3v) is 7.37. The fourth-order valence-corrected chi connectivity index (χ4v) is 5.18. The first-order valence-electron chi connectivity index (χ1n) is 11.2. The van der Waals surface area contributed by atoms with E-state index in [0.717, 1.165) is 50.7 Å². The van der Waals surface area contributed by atoms with Crippen LogP contribution < -0.4 is 10.6 Å². The SMILES string of the molecule is CCNC(=NCC(c1ccco1)N1CCCCC1)NCC1CCN(S(C)(=O)=O)CC1. The molecule has 0 saturated carbocycles. The highest BCUT2D eigenvalue weighted by molar-refractivity contribution is 7.88. The van der Waals surface area contributed by atoms with Gasteiger partial charge in [0, 0.05) is 26.2 Å². The Morgan fingerprint density at radius 2 is 1.93 bits per heavy atom. The normalized spacial score (nSPS) is 21.5. The summed E-state index contributed by atoms with van der Waals surface area (Å²) in [4.78, 5) is 7.35. The molecule has 1 unspecified atom stereocenters. The first-order valence-corrected chi connectivity index (χ1v) is 13.1. The Morgan fingerprint density at radius 1 is 1.20 bits per heavy atom. The van der Waals surface area contributed by atoms with Crippen LogP contribution in [0.5, 0.6) is 0 Å². The van der Waals surface area contributed by atoms with Crippen molar-refractivity contribution < 1.29 is 12.8 Å². The number of nitrogens with zero attached hydrogens (tertiary/aromatic N) is 3. The molecule has 0 aliphatic carbocycles. The van der Waals surface area contributed by atoms with Crippen molar-refractivity contribution in [3.63, 3.8) is 0 Å². The van der Waals surface area contributed by atoms with Crippen LogP contribution in [0.4, 0.5) is 0 Å². The molecule has 0 amide bonds. The average molecular weight is 440 g/mol. The minimum Gasteiger partial charge on any atom is -0.468 e. The zero-order chi connectivity index (χ0) is 21.4. The smallest absolute Gasteiger partial charge is 0.211 e. The van der Waals surface area contributed by atoms with Crippen LogP contribution in [0.25, 0.3) is 0 Å². The molecule has 170 valence electrons. The van der Waals surface area contributed by atoms with Crippen LogP contribution >= 0.6 is 0 Å². The molecule has 0 bridgehead atoms. The minimum absolute atomic E-state index is 0.161. The highest BCUT2D eigenvalue weighted by Gasteiger charge is 2.26. The second-order valence-corrected chi connectivity index (χ2v) is 10.3. The van der Waals surface area contributed by atoms with Crippen LogP contribution in [0.15, 0.2) is 27.8 Å². The van der Waals surface area contributed by atoms with Crippen LogP contribution in [0.3, 0.4) is 0 Å². The molecule has 9 heteroatoms. The van der Waals surface area contributed by atoms with E-state index in [2.05, 4.69) is 22.5 Å². The van der Waals surface area contributed by atoms with Gasteiger partial charge in [-0.1, -0.05) is 6.42 Å². The van der Waals surface area contributed by atoms with Crippen LogP contribution in [0.1, 0.15) is 50.8 Å². The lowest BCUT2D eigenvalue weighted by Crippen LogP contribution is -2.44. The molecule has 1 atom stereocenters. The number of aliphatic imine (C=N–C) groups is 1. The van der Waals surface area contributed by atoms with Gasteiger partial charge in [0.1, 0.15) is 5.76 Å². The molecular formula is C21H37N5O3S. The number of rotatable bonds is 8. The van der Waals surface area contributed by atoms with Crippen molar-refractivity contribution in [1.29, 1.82) is 0 Å². The van der Waals surface area contributed by atoms with Gasteiger partial charge in [-0.15, -0.1) is 0 Å². The van der Waals surface area contributed by atoms with Crippen molar-refractivity contribution in [2.45, 2.75) is 45.1 Å². The summed E-state index contributed by atoms with van der Waals surface area (Å²) >= 11 is 0. The highest BCUT2D eigenvalue weighted by atomic mass is 32.2. The van der Waals surface area contributed by atoms with E-state index in [4.69, 9.17) is 9.41 Å². The van der Waals surface area contributed by atoms with Crippen LogP contribution in [-0.4, -0.2) is 75.7 Å². The predicted octanol–water partition coefficient (Wildman–Crippen LogP) is 2.03. The summed E-state index contributed by atoms with van der Waals surface area (Å²) in [6, 6.07) is 4.15. The van der Waals surface area contributed by atoms with Gasteiger partial charge in [-0.3, -0.25) is 9.89 Å². The van der Waals surface area contributed by atoms with Crippen molar-refractivity contribution in [3.8, 4) is 0 Å². The van der Waals surface area contributed by atoms with Crippen molar-refractivity contribution in [2.24, 2.45) is 10.9 Å². The monoisotopic (exact) mass is 439 g/mol. The molecular weight excluding hydrogens is 402 g/mol. The summed E-state index contributed by atoms with van der Waals surface area (Å²) in [5.41, 5.74) is 0. The lowest BCUT2D eigenvalue weighted by molar-refractivity contribution is 0.150. The number of sulfonamides is 1. The summed E-state index contributed by atoms with van der Waals surface area (Å²) in [5, 5.41) is 6.81. The maximum Gasteiger partial charge on any atom is 0.211 e. The maximum atomic E-state index is 11.7. The molecule has 2 saturated heterocycles. The van der Waals surface area contributed by atoms with E-state index in [-0.39, 0.29) is 6.04 Å². The summed E-state index contributed by atoms with van der Waals surface area (Å²) < 4.78 is 30.7. The lowest BCUT2D eigenvalue weighted by Gasteiger charge is -2.33. The number of hydrogen-bond acceptors (Lipinski definition) is 5. The molecule has 0 spiro atoms. The number of likely N-dealkylation sites (tertiary alicyclic amines) is 1. The van der Waals surface area contributed by atoms with E-state index >= 15 is 0 Å². The fourth-order valence-electron chi connectivity index (χ4n) is 4.30. The Morgan fingerprint density at radius 3 is 2.53 bits per heavy atom. The molecule has 1 aromatic heterocycles. The third kappa shape index (κ3) is 6.72. The van der Waals surface area contributed by atoms with Gasteiger partial charge in [-0.2, -0.15) is 0 Å². The zero-order valence-electron chi connectivity index (χ0n) is 18.3. The molecule has 30 heavy (non-hydrogen) atoms. The van der Waals surface area contributed by atoms with Crippen molar-refractivity contribution in [1.82, 2.24) is 19.8 Å². The largest absolute Gasteiger partial charge is 0.468 e. The van der Waals surface area contributed by atoms with Crippen molar-refractivity contribution in [3.05, 3.63) is 24.2 Å². The van der Waals surface area contributed by atoms with Crippen LogP contribution in [0.2, 0.25) is 0 Å². The van der Waals surface area contributed by atoms with Crippen molar-refractivity contribution in [2.75, 3.05) is 52.1 Å². The van der Waals surface area contributed by atoms with Gasteiger partial charge in [0.2, 0.25) is 10.0 Å². The average Bonchev–Trinajstić information content (AvgIpc) is 3.27. The van der Waals surface area contributed by atoms with Gasteiger partial charge in [-0.25, -0.2) is 12.7 Å². The van der Waals surface area contributed by atoms with Crippen LogP contribution in [-0.2, 0) is 10.0 Å². The van der Waals surface area contributed by atoms with Gasteiger partial charge in [0.05, 0.1) is 25.1 Å². The van der Waals surface area contributed by atoms with Gasteiger partial charge < -0.3 is 15.1 Å². The summed E-state index contributed by atoms with van der Waals surface area (Å²) in [7, 11) is -3.08. The molecule has 3 heterocycles. The number of nitrogens with one attached hydrogen (secondary N) is 2. The third-order valence-electron chi connectivity index (χ3n) is 6.07. The summed E-state index contributed by atoms with van der Waals surface area (Å²) in [6.45, 7) is 7.70. The second-order valence-electron chi connectivity index (χ2n) is 8.33. The highest BCUT2D eigenvalue weighted by Crippen LogP contribution is 2.25. The Bertz CT molecular complexity index is 752. The summed E-state index contributed by atoms with van der Waals surface area (Å²) in [5.74, 6) is 2.25. The molecule has 2 fully saturated rings.